The second-order valence-electron chi connectivity index (χ2n) is 4.78. The molecule has 0 aliphatic heterocycles. The standard InChI is InChI=1S/C15H10N4OS3/c1-21-15-17-10-4-3-9(7-13(10)22-15)16-14(20)8-2-5-12-11(6-8)18-19-23-12/h2-7H,1H3,(H,16,20). The van der Waals surface area contributed by atoms with E-state index in [0.29, 0.717) is 5.56 Å². The van der Waals surface area contributed by atoms with Crippen molar-refractivity contribution < 1.29 is 4.79 Å². The van der Waals surface area contributed by atoms with Crippen LogP contribution in [0.5, 0.6) is 0 Å². The molecule has 0 unspecified atom stereocenters. The summed E-state index contributed by atoms with van der Waals surface area (Å²) in [4.78, 5) is 16.9. The number of carbonyl (C=O) groups excluding carboxylic acids is 1. The second-order valence-corrected chi connectivity index (χ2v) is 7.65. The zero-order chi connectivity index (χ0) is 15.8. The van der Waals surface area contributed by atoms with Crippen LogP contribution in [0.4, 0.5) is 5.69 Å². The number of amides is 1. The van der Waals surface area contributed by atoms with Gasteiger partial charge in [-0.3, -0.25) is 4.79 Å². The van der Waals surface area contributed by atoms with Gasteiger partial charge in [-0.05, 0) is 54.2 Å². The SMILES string of the molecule is CSc1nc2ccc(NC(=O)c3ccc4snnc4c3)cc2s1. The van der Waals surface area contributed by atoms with Crippen molar-refractivity contribution in [1.82, 2.24) is 14.6 Å². The maximum absolute atomic E-state index is 12.4. The predicted molar refractivity (Wildman–Crippen MR) is 96.8 cm³/mol. The van der Waals surface area contributed by atoms with Crippen LogP contribution in [0.3, 0.4) is 0 Å². The molecule has 0 aliphatic rings. The molecule has 0 fully saturated rings. The average molecular weight is 358 g/mol. The van der Waals surface area contributed by atoms with Crippen LogP contribution in [0, 0.1) is 0 Å². The summed E-state index contributed by atoms with van der Waals surface area (Å²) in [6, 6.07) is 11.2. The number of thiazole rings is 1. The minimum absolute atomic E-state index is 0.158. The van der Waals surface area contributed by atoms with Gasteiger partial charge < -0.3 is 5.32 Å². The number of anilines is 1. The van der Waals surface area contributed by atoms with E-state index in [-0.39, 0.29) is 5.91 Å². The maximum atomic E-state index is 12.4. The summed E-state index contributed by atoms with van der Waals surface area (Å²) in [5.41, 5.74) is 3.02. The van der Waals surface area contributed by atoms with Gasteiger partial charge in [0, 0.05) is 11.3 Å². The molecule has 4 aromatic rings. The summed E-state index contributed by atoms with van der Waals surface area (Å²) < 4.78 is 6.93. The number of fused-ring (bicyclic) bond motifs is 2. The topological polar surface area (TPSA) is 67.8 Å². The first-order valence-corrected chi connectivity index (χ1v) is 9.52. The van der Waals surface area contributed by atoms with Crippen molar-refractivity contribution in [2.45, 2.75) is 4.34 Å². The van der Waals surface area contributed by atoms with Gasteiger partial charge in [0.1, 0.15) is 5.52 Å². The lowest BCUT2D eigenvalue weighted by molar-refractivity contribution is 0.102. The van der Waals surface area contributed by atoms with Gasteiger partial charge in [-0.25, -0.2) is 4.98 Å². The third-order valence-electron chi connectivity index (χ3n) is 3.31. The predicted octanol–water partition coefficient (Wildman–Crippen LogP) is 4.28. The molecule has 0 bridgehead atoms. The molecule has 0 radical (unpaired) electrons. The van der Waals surface area contributed by atoms with Gasteiger partial charge in [-0.2, -0.15) is 0 Å². The lowest BCUT2D eigenvalue weighted by Gasteiger charge is -2.05. The van der Waals surface area contributed by atoms with Gasteiger partial charge in [0.2, 0.25) is 0 Å². The minimum atomic E-state index is -0.158. The molecule has 5 nitrogen and oxygen atoms in total. The molecule has 23 heavy (non-hydrogen) atoms. The van der Waals surface area contributed by atoms with Crippen LogP contribution in [0.15, 0.2) is 40.7 Å². The van der Waals surface area contributed by atoms with E-state index in [4.69, 9.17) is 0 Å². The summed E-state index contributed by atoms with van der Waals surface area (Å²) in [7, 11) is 0. The van der Waals surface area contributed by atoms with E-state index in [1.165, 1.54) is 11.5 Å². The Balaban J connectivity index is 1.62. The molecule has 114 valence electrons. The number of hydrogen-bond acceptors (Lipinski definition) is 7. The summed E-state index contributed by atoms with van der Waals surface area (Å²) in [6.45, 7) is 0. The van der Waals surface area contributed by atoms with Crippen LogP contribution >= 0.6 is 34.6 Å². The van der Waals surface area contributed by atoms with Crippen LogP contribution in [-0.2, 0) is 0 Å². The molecule has 2 aromatic heterocycles. The Kier molecular flexibility index (Phi) is 3.72. The van der Waals surface area contributed by atoms with Gasteiger partial charge in [0.25, 0.3) is 5.91 Å². The van der Waals surface area contributed by atoms with Gasteiger partial charge in [0.05, 0.1) is 14.9 Å². The lowest BCUT2D eigenvalue weighted by atomic mass is 10.2. The molecule has 8 heteroatoms. The number of aromatic nitrogens is 3. The first kappa shape index (κ1) is 14.6. The zero-order valence-electron chi connectivity index (χ0n) is 11.9. The number of hydrogen-bond donors (Lipinski definition) is 1. The van der Waals surface area contributed by atoms with Crippen molar-refractivity contribution in [3.8, 4) is 0 Å². The van der Waals surface area contributed by atoms with Crippen LogP contribution in [0.2, 0.25) is 0 Å². The van der Waals surface area contributed by atoms with E-state index in [2.05, 4.69) is 19.9 Å². The largest absolute Gasteiger partial charge is 0.322 e. The lowest BCUT2D eigenvalue weighted by Crippen LogP contribution is -2.11. The number of benzene rings is 2. The van der Waals surface area contributed by atoms with Gasteiger partial charge >= 0.3 is 0 Å². The highest BCUT2D eigenvalue weighted by Gasteiger charge is 2.10. The van der Waals surface area contributed by atoms with Crippen LogP contribution in [-0.4, -0.2) is 26.7 Å². The maximum Gasteiger partial charge on any atom is 0.255 e. The quantitative estimate of drug-likeness (QED) is 0.554. The molecule has 4 rings (SSSR count). The molecular weight excluding hydrogens is 348 g/mol. The molecule has 1 amide bonds. The number of rotatable bonds is 3. The Morgan fingerprint density at radius 3 is 2.91 bits per heavy atom. The Labute approximate surface area is 143 Å². The van der Waals surface area contributed by atoms with Crippen molar-refractivity contribution in [3.05, 3.63) is 42.0 Å². The van der Waals surface area contributed by atoms with Gasteiger partial charge in [-0.15, -0.1) is 16.4 Å². The second kappa shape index (κ2) is 5.88. The highest BCUT2D eigenvalue weighted by atomic mass is 32.2. The fourth-order valence-corrected chi connectivity index (χ4v) is 4.26. The first-order valence-electron chi connectivity index (χ1n) is 6.71. The smallest absolute Gasteiger partial charge is 0.255 e. The number of nitrogens with zero attached hydrogens (tertiary/aromatic N) is 3. The molecule has 0 saturated carbocycles. The van der Waals surface area contributed by atoms with Crippen LogP contribution < -0.4 is 5.32 Å². The average Bonchev–Trinajstić information content (AvgIpc) is 3.19. The number of thioether (sulfide) groups is 1. The van der Waals surface area contributed by atoms with Crippen molar-refractivity contribution in [3.63, 3.8) is 0 Å². The van der Waals surface area contributed by atoms with Crippen molar-refractivity contribution in [1.29, 1.82) is 0 Å². The fourth-order valence-electron chi connectivity index (χ4n) is 2.19. The molecule has 2 aromatic carbocycles. The van der Waals surface area contributed by atoms with Crippen molar-refractivity contribution in [2.24, 2.45) is 0 Å². The van der Waals surface area contributed by atoms with Gasteiger partial charge in [-0.1, -0.05) is 16.3 Å². The summed E-state index contributed by atoms with van der Waals surface area (Å²) in [6.07, 6.45) is 2.00. The Morgan fingerprint density at radius 1 is 1.13 bits per heavy atom. The third kappa shape index (κ3) is 2.80. The molecule has 0 saturated heterocycles. The van der Waals surface area contributed by atoms with E-state index in [1.54, 1.807) is 35.2 Å². The molecule has 0 aliphatic carbocycles. The Bertz CT molecular complexity index is 1020. The first-order chi connectivity index (χ1) is 11.2. The van der Waals surface area contributed by atoms with Crippen LogP contribution in [0.25, 0.3) is 20.4 Å². The molecule has 2 heterocycles. The summed E-state index contributed by atoms with van der Waals surface area (Å²) >= 11 is 4.56. The van der Waals surface area contributed by atoms with Crippen LogP contribution in [0.1, 0.15) is 10.4 Å². The van der Waals surface area contributed by atoms with E-state index in [0.717, 1.165) is 30.5 Å². The normalized spacial score (nSPS) is 11.2. The third-order valence-corrected chi connectivity index (χ3v) is 6.02. The zero-order valence-corrected chi connectivity index (χ0v) is 14.4. The Morgan fingerprint density at radius 2 is 2.04 bits per heavy atom. The van der Waals surface area contributed by atoms with Crippen molar-refractivity contribution >= 4 is 66.7 Å². The minimum Gasteiger partial charge on any atom is -0.322 e. The Hall–Kier alpha value is -2.03. The van der Waals surface area contributed by atoms with Gasteiger partial charge in [0.15, 0.2) is 4.34 Å². The molecule has 0 spiro atoms. The van der Waals surface area contributed by atoms with E-state index >= 15 is 0 Å². The highest BCUT2D eigenvalue weighted by Crippen LogP contribution is 2.30. The fraction of sp³-hybridized carbons (Fsp3) is 0.0667. The van der Waals surface area contributed by atoms with Crippen molar-refractivity contribution in [2.75, 3.05) is 11.6 Å². The van der Waals surface area contributed by atoms with E-state index in [9.17, 15) is 4.79 Å². The molecule has 0 atom stereocenters. The molecule has 1 N–H and O–H groups in total. The van der Waals surface area contributed by atoms with E-state index < -0.39 is 0 Å². The summed E-state index contributed by atoms with van der Waals surface area (Å²) in [5.74, 6) is -0.158. The monoisotopic (exact) mass is 358 g/mol. The molecular formula is C15H10N4OS3. The summed E-state index contributed by atoms with van der Waals surface area (Å²) in [5, 5.41) is 6.92. The number of nitrogens with one attached hydrogen (secondary N) is 1. The number of carbonyl (C=O) groups is 1. The highest BCUT2D eigenvalue weighted by molar-refractivity contribution is 8.00. The van der Waals surface area contributed by atoms with E-state index in [1.807, 2.05) is 30.5 Å².